The van der Waals surface area contributed by atoms with Crippen molar-refractivity contribution in [2.75, 3.05) is 27.2 Å². The molecule has 1 unspecified atom stereocenters. The Morgan fingerprint density at radius 2 is 1.94 bits per heavy atom. The Morgan fingerprint density at radius 1 is 1.19 bits per heavy atom. The zero-order valence-electron chi connectivity index (χ0n) is 18.0. The zero-order valence-corrected chi connectivity index (χ0v) is 19.5. The Morgan fingerprint density at radius 3 is 2.58 bits per heavy atom. The summed E-state index contributed by atoms with van der Waals surface area (Å²) in [4.78, 5) is 25.7. The van der Waals surface area contributed by atoms with E-state index in [4.69, 9.17) is 23.2 Å². The molecule has 1 aliphatic carbocycles. The topological polar surface area (TPSA) is 61.4 Å². The van der Waals surface area contributed by atoms with Crippen molar-refractivity contribution in [3.05, 3.63) is 46.3 Å². The standard InChI is InChI=1S/C23H29Cl2N5O/c1-29-11-7-16(8-12-29)30(2)23(31)28-19(13-15-3-4-15)17-5-6-18(22(25)21(17)24)20-14-26-9-10-27-20/h5-6,9-10,14-16,19H,3-4,7-8,11-13H2,1-2H3,(H,28,31). The minimum atomic E-state index is -0.172. The molecular weight excluding hydrogens is 433 g/mol. The molecule has 0 radical (unpaired) electrons. The number of hydrogen-bond donors (Lipinski definition) is 1. The van der Waals surface area contributed by atoms with Crippen LogP contribution in [0.25, 0.3) is 11.3 Å². The van der Waals surface area contributed by atoms with Gasteiger partial charge in [-0.2, -0.15) is 0 Å². The predicted molar refractivity (Wildman–Crippen MR) is 124 cm³/mol. The molecule has 1 saturated heterocycles. The molecule has 1 N–H and O–H groups in total. The molecule has 2 fully saturated rings. The van der Waals surface area contributed by atoms with Crippen molar-refractivity contribution >= 4 is 29.2 Å². The van der Waals surface area contributed by atoms with Crippen LogP contribution in [0.1, 0.15) is 43.7 Å². The van der Waals surface area contributed by atoms with Crippen molar-refractivity contribution in [2.45, 2.75) is 44.2 Å². The highest BCUT2D eigenvalue weighted by atomic mass is 35.5. The number of halogens is 2. The summed E-state index contributed by atoms with van der Waals surface area (Å²) in [6.45, 7) is 2.03. The summed E-state index contributed by atoms with van der Waals surface area (Å²) in [5, 5.41) is 4.16. The number of piperidine rings is 1. The second-order valence-corrected chi connectivity index (χ2v) is 9.50. The van der Waals surface area contributed by atoms with E-state index in [1.165, 1.54) is 12.8 Å². The van der Waals surface area contributed by atoms with E-state index in [1.54, 1.807) is 18.6 Å². The first-order chi connectivity index (χ1) is 14.9. The first kappa shape index (κ1) is 22.3. The van der Waals surface area contributed by atoms with Gasteiger partial charge in [0.15, 0.2) is 0 Å². The maximum Gasteiger partial charge on any atom is 0.317 e. The number of rotatable bonds is 6. The molecule has 2 aromatic rings. The third-order valence-electron chi connectivity index (χ3n) is 6.45. The molecule has 2 aliphatic rings. The van der Waals surface area contributed by atoms with E-state index in [2.05, 4.69) is 27.2 Å². The highest BCUT2D eigenvalue weighted by Crippen LogP contribution is 2.42. The van der Waals surface area contributed by atoms with Gasteiger partial charge in [-0.25, -0.2) is 4.79 Å². The molecule has 1 aromatic heterocycles. The van der Waals surface area contributed by atoms with Gasteiger partial charge >= 0.3 is 6.03 Å². The van der Waals surface area contributed by atoms with E-state index in [0.29, 0.717) is 21.7 Å². The van der Waals surface area contributed by atoms with Gasteiger partial charge in [-0.3, -0.25) is 9.97 Å². The van der Waals surface area contributed by atoms with Gasteiger partial charge in [-0.1, -0.05) is 48.2 Å². The number of amides is 2. The molecular formula is C23H29Cl2N5O. The van der Waals surface area contributed by atoms with E-state index < -0.39 is 0 Å². The van der Waals surface area contributed by atoms with Gasteiger partial charge < -0.3 is 15.1 Å². The van der Waals surface area contributed by atoms with Gasteiger partial charge in [0.2, 0.25) is 0 Å². The molecule has 0 spiro atoms. The summed E-state index contributed by atoms with van der Waals surface area (Å²) < 4.78 is 0. The predicted octanol–water partition coefficient (Wildman–Crippen LogP) is 5.03. The third-order valence-corrected chi connectivity index (χ3v) is 7.34. The van der Waals surface area contributed by atoms with E-state index in [-0.39, 0.29) is 18.1 Å². The van der Waals surface area contributed by atoms with Crippen molar-refractivity contribution in [1.82, 2.24) is 25.1 Å². The fourth-order valence-electron chi connectivity index (χ4n) is 4.22. The number of aromatic nitrogens is 2. The molecule has 1 aliphatic heterocycles. The van der Waals surface area contributed by atoms with Gasteiger partial charge in [-0.05, 0) is 50.9 Å². The largest absolute Gasteiger partial charge is 0.331 e. The Balaban J connectivity index is 1.54. The van der Waals surface area contributed by atoms with Gasteiger partial charge in [0.1, 0.15) is 0 Å². The van der Waals surface area contributed by atoms with Crippen molar-refractivity contribution in [3.8, 4) is 11.3 Å². The molecule has 2 amide bonds. The Kier molecular flexibility index (Phi) is 6.99. The van der Waals surface area contributed by atoms with Gasteiger partial charge in [0, 0.05) is 31.0 Å². The van der Waals surface area contributed by atoms with Crippen LogP contribution in [0.2, 0.25) is 10.0 Å². The van der Waals surface area contributed by atoms with Crippen LogP contribution in [0.5, 0.6) is 0 Å². The average Bonchev–Trinajstić information content (AvgIpc) is 3.60. The minimum absolute atomic E-state index is 0.0506. The van der Waals surface area contributed by atoms with Crippen molar-refractivity contribution in [3.63, 3.8) is 0 Å². The van der Waals surface area contributed by atoms with Gasteiger partial charge in [-0.15, -0.1) is 0 Å². The lowest BCUT2D eigenvalue weighted by Gasteiger charge is -2.36. The molecule has 8 heteroatoms. The quantitative estimate of drug-likeness (QED) is 0.655. The van der Waals surface area contributed by atoms with E-state index in [0.717, 1.165) is 43.5 Å². The SMILES string of the molecule is CN1CCC(N(C)C(=O)NC(CC2CC2)c2ccc(-c3cnccn3)c(Cl)c2Cl)CC1. The lowest BCUT2D eigenvalue weighted by molar-refractivity contribution is 0.145. The number of nitrogens with zero attached hydrogens (tertiary/aromatic N) is 4. The monoisotopic (exact) mass is 461 g/mol. The number of carbonyl (C=O) groups is 1. The highest BCUT2D eigenvalue weighted by molar-refractivity contribution is 6.44. The van der Waals surface area contributed by atoms with Gasteiger partial charge in [0.05, 0.1) is 28.0 Å². The van der Waals surface area contributed by atoms with Crippen molar-refractivity contribution in [2.24, 2.45) is 5.92 Å². The van der Waals surface area contributed by atoms with Crippen LogP contribution < -0.4 is 5.32 Å². The summed E-state index contributed by atoms with van der Waals surface area (Å²) in [6, 6.07) is 3.91. The molecule has 1 saturated carbocycles. The van der Waals surface area contributed by atoms with Crippen LogP contribution in [-0.2, 0) is 0 Å². The van der Waals surface area contributed by atoms with Gasteiger partial charge in [0.25, 0.3) is 0 Å². The Labute approximate surface area is 193 Å². The maximum atomic E-state index is 13.1. The number of hydrogen-bond acceptors (Lipinski definition) is 4. The Hall–Kier alpha value is -1.89. The lowest BCUT2D eigenvalue weighted by atomic mass is 9.98. The van der Waals surface area contributed by atoms with Crippen molar-refractivity contribution in [1.29, 1.82) is 0 Å². The van der Waals surface area contributed by atoms with E-state index >= 15 is 0 Å². The summed E-state index contributed by atoms with van der Waals surface area (Å²) in [5.74, 6) is 0.619. The molecule has 1 aromatic carbocycles. The van der Waals surface area contributed by atoms with Crippen LogP contribution >= 0.6 is 23.2 Å². The second-order valence-electron chi connectivity index (χ2n) is 8.75. The number of likely N-dealkylation sites (tertiary alicyclic amines) is 1. The van der Waals surface area contributed by atoms with Crippen LogP contribution in [0, 0.1) is 5.92 Å². The van der Waals surface area contributed by atoms with Crippen LogP contribution in [0.15, 0.2) is 30.7 Å². The first-order valence-corrected chi connectivity index (χ1v) is 11.7. The number of carbonyl (C=O) groups excluding carboxylic acids is 1. The fourth-order valence-corrected chi connectivity index (χ4v) is 4.78. The van der Waals surface area contributed by atoms with Crippen LogP contribution in [0.3, 0.4) is 0 Å². The molecule has 4 rings (SSSR count). The number of benzene rings is 1. The maximum absolute atomic E-state index is 13.1. The number of nitrogens with one attached hydrogen (secondary N) is 1. The molecule has 166 valence electrons. The fraction of sp³-hybridized carbons (Fsp3) is 0.522. The third kappa shape index (κ3) is 5.30. The average molecular weight is 462 g/mol. The molecule has 1 atom stereocenters. The summed E-state index contributed by atoms with van der Waals surface area (Å²) in [6.07, 6.45) is 10.2. The molecule has 2 heterocycles. The molecule has 6 nitrogen and oxygen atoms in total. The summed E-state index contributed by atoms with van der Waals surface area (Å²) in [5.41, 5.74) is 2.27. The van der Waals surface area contributed by atoms with E-state index in [1.807, 2.05) is 24.1 Å². The lowest BCUT2D eigenvalue weighted by Crippen LogP contribution is -2.48. The van der Waals surface area contributed by atoms with Crippen LogP contribution in [0.4, 0.5) is 4.79 Å². The normalized spacial score (nSPS) is 18.6. The smallest absolute Gasteiger partial charge is 0.317 e. The molecule has 31 heavy (non-hydrogen) atoms. The second kappa shape index (κ2) is 9.72. The molecule has 0 bridgehead atoms. The summed E-state index contributed by atoms with van der Waals surface area (Å²) >= 11 is 13.4. The zero-order chi connectivity index (χ0) is 22.0. The highest BCUT2D eigenvalue weighted by Gasteiger charge is 2.31. The Bertz CT molecular complexity index is 914. The summed E-state index contributed by atoms with van der Waals surface area (Å²) in [7, 11) is 4.02. The van der Waals surface area contributed by atoms with E-state index in [9.17, 15) is 4.79 Å². The van der Waals surface area contributed by atoms with Crippen LogP contribution in [-0.4, -0.2) is 59.0 Å². The minimum Gasteiger partial charge on any atom is -0.331 e. The number of urea groups is 1. The van der Waals surface area contributed by atoms with Crippen molar-refractivity contribution < 1.29 is 4.79 Å². The first-order valence-electron chi connectivity index (χ1n) is 10.9.